The highest BCUT2D eigenvalue weighted by molar-refractivity contribution is 7.12. The van der Waals surface area contributed by atoms with Gasteiger partial charge < -0.3 is 5.11 Å². The molecule has 1 aromatic rings. The lowest BCUT2D eigenvalue weighted by Crippen LogP contribution is -2.03. The van der Waals surface area contributed by atoms with Gasteiger partial charge in [-0.3, -0.25) is 4.79 Å². The number of halogens is 1. The molecule has 2 rings (SSSR count). The van der Waals surface area contributed by atoms with E-state index in [0.717, 1.165) is 17.8 Å². The van der Waals surface area contributed by atoms with E-state index in [1.165, 1.54) is 30.6 Å². The maximum atomic E-state index is 10.6. The van der Waals surface area contributed by atoms with Crippen molar-refractivity contribution in [3.05, 3.63) is 15.0 Å². The summed E-state index contributed by atoms with van der Waals surface area (Å²) in [5.41, 5.74) is 0. The van der Waals surface area contributed by atoms with Gasteiger partial charge in [-0.2, -0.15) is 0 Å². The molecule has 1 saturated carbocycles. The lowest BCUT2D eigenvalue weighted by molar-refractivity contribution is -0.136. The van der Waals surface area contributed by atoms with Crippen LogP contribution < -0.4 is 0 Å². The van der Waals surface area contributed by atoms with Crippen LogP contribution in [0.15, 0.2) is 0 Å². The molecular formula is C11H14ClNO2S. The van der Waals surface area contributed by atoms with Crippen molar-refractivity contribution < 1.29 is 9.90 Å². The monoisotopic (exact) mass is 259 g/mol. The van der Waals surface area contributed by atoms with Gasteiger partial charge in [0.2, 0.25) is 0 Å². The number of nitrogens with zero attached hydrogens (tertiary/aromatic N) is 1. The van der Waals surface area contributed by atoms with Crippen molar-refractivity contribution in [2.24, 2.45) is 0 Å². The Morgan fingerprint density at radius 3 is 2.75 bits per heavy atom. The Kier molecular flexibility index (Phi) is 3.82. The minimum absolute atomic E-state index is 0.0107. The average Bonchev–Trinajstić information content (AvgIpc) is 2.61. The second kappa shape index (κ2) is 5.15. The van der Waals surface area contributed by atoms with Crippen LogP contribution in [0.2, 0.25) is 5.15 Å². The minimum Gasteiger partial charge on any atom is -0.481 e. The van der Waals surface area contributed by atoms with E-state index >= 15 is 0 Å². The van der Waals surface area contributed by atoms with Crippen LogP contribution in [0.4, 0.5) is 0 Å². The lowest BCUT2D eigenvalue weighted by atomic mass is 9.90. The van der Waals surface area contributed by atoms with Gasteiger partial charge in [-0.05, 0) is 12.8 Å². The zero-order valence-electron chi connectivity index (χ0n) is 8.91. The molecule has 1 aromatic heterocycles. The van der Waals surface area contributed by atoms with Gasteiger partial charge in [0.05, 0.1) is 16.3 Å². The summed E-state index contributed by atoms with van der Waals surface area (Å²) in [4.78, 5) is 15.6. The van der Waals surface area contributed by atoms with Crippen LogP contribution in [0.3, 0.4) is 0 Å². The number of carbonyl (C=O) groups is 1. The number of aliphatic carboxylic acids is 1. The van der Waals surface area contributed by atoms with Gasteiger partial charge in [0, 0.05) is 5.92 Å². The molecule has 0 aromatic carbocycles. The normalized spacial score (nSPS) is 17.6. The van der Waals surface area contributed by atoms with Crippen molar-refractivity contribution in [1.82, 2.24) is 4.98 Å². The molecule has 88 valence electrons. The van der Waals surface area contributed by atoms with Crippen LogP contribution in [0, 0.1) is 0 Å². The Balaban J connectivity index is 2.12. The van der Waals surface area contributed by atoms with Crippen LogP contribution in [-0.4, -0.2) is 16.1 Å². The van der Waals surface area contributed by atoms with Gasteiger partial charge >= 0.3 is 5.97 Å². The first-order valence-electron chi connectivity index (χ1n) is 5.53. The van der Waals surface area contributed by atoms with Gasteiger partial charge in [0.15, 0.2) is 0 Å². The van der Waals surface area contributed by atoms with Crippen molar-refractivity contribution in [3.63, 3.8) is 0 Å². The van der Waals surface area contributed by atoms with E-state index < -0.39 is 5.97 Å². The summed E-state index contributed by atoms with van der Waals surface area (Å²) < 4.78 is 0. The molecule has 1 aliphatic rings. The van der Waals surface area contributed by atoms with E-state index in [0.29, 0.717) is 15.9 Å². The summed E-state index contributed by atoms with van der Waals surface area (Å²) >= 11 is 7.41. The highest BCUT2D eigenvalue weighted by Gasteiger charge is 2.21. The summed E-state index contributed by atoms with van der Waals surface area (Å²) in [6, 6.07) is 0. The zero-order chi connectivity index (χ0) is 11.5. The van der Waals surface area contributed by atoms with Gasteiger partial charge in [0.1, 0.15) is 5.15 Å². The zero-order valence-corrected chi connectivity index (χ0v) is 10.5. The largest absolute Gasteiger partial charge is 0.481 e. The summed E-state index contributed by atoms with van der Waals surface area (Å²) in [6.07, 6.45) is 6.11. The molecule has 16 heavy (non-hydrogen) atoms. The van der Waals surface area contributed by atoms with Crippen LogP contribution in [0.25, 0.3) is 0 Å². The Morgan fingerprint density at radius 2 is 2.12 bits per heavy atom. The summed E-state index contributed by atoms with van der Waals surface area (Å²) in [6.45, 7) is 0. The Labute approximate surface area is 103 Å². The quantitative estimate of drug-likeness (QED) is 0.904. The third-order valence-electron chi connectivity index (χ3n) is 2.93. The van der Waals surface area contributed by atoms with Crippen LogP contribution in [0.1, 0.15) is 47.9 Å². The third kappa shape index (κ3) is 2.74. The first-order chi connectivity index (χ1) is 7.66. The topological polar surface area (TPSA) is 50.2 Å². The third-order valence-corrected chi connectivity index (χ3v) is 4.57. The molecule has 0 atom stereocenters. The molecule has 1 aliphatic carbocycles. The number of rotatable bonds is 3. The van der Waals surface area contributed by atoms with Crippen molar-refractivity contribution in [2.75, 3.05) is 0 Å². The maximum Gasteiger partial charge on any atom is 0.308 e. The molecule has 0 radical (unpaired) electrons. The first-order valence-corrected chi connectivity index (χ1v) is 6.73. The van der Waals surface area contributed by atoms with Crippen LogP contribution >= 0.6 is 22.9 Å². The van der Waals surface area contributed by atoms with Crippen molar-refractivity contribution >= 4 is 28.9 Å². The van der Waals surface area contributed by atoms with Crippen LogP contribution in [0.5, 0.6) is 0 Å². The van der Waals surface area contributed by atoms with Gasteiger partial charge in [-0.15, -0.1) is 11.3 Å². The molecule has 0 aliphatic heterocycles. The maximum absolute atomic E-state index is 10.6. The summed E-state index contributed by atoms with van der Waals surface area (Å²) in [7, 11) is 0. The highest BCUT2D eigenvalue weighted by Crippen LogP contribution is 2.37. The second-order valence-electron chi connectivity index (χ2n) is 4.17. The molecule has 1 N–H and O–H groups in total. The van der Waals surface area contributed by atoms with E-state index in [2.05, 4.69) is 4.98 Å². The molecule has 1 heterocycles. The molecule has 5 heteroatoms. The standard InChI is InChI=1S/C11H14ClNO2S/c12-10-8(6-9(14)15)16-11(13-10)7-4-2-1-3-5-7/h7H,1-6H2,(H,14,15). The predicted molar refractivity (Wildman–Crippen MR) is 64.3 cm³/mol. The van der Waals surface area contributed by atoms with Gasteiger partial charge in [0.25, 0.3) is 0 Å². The van der Waals surface area contributed by atoms with Gasteiger partial charge in [-0.1, -0.05) is 30.9 Å². The molecule has 0 bridgehead atoms. The number of thiazole rings is 1. The number of hydrogen-bond acceptors (Lipinski definition) is 3. The van der Waals surface area contributed by atoms with Crippen molar-refractivity contribution in [3.8, 4) is 0 Å². The number of aromatic nitrogens is 1. The lowest BCUT2D eigenvalue weighted by Gasteiger charge is -2.18. The average molecular weight is 260 g/mol. The van der Waals surface area contributed by atoms with E-state index in [1.54, 1.807) is 0 Å². The molecule has 0 unspecified atom stereocenters. The minimum atomic E-state index is -0.847. The van der Waals surface area contributed by atoms with Gasteiger partial charge in [-0.25, -0.2) is 4.98 Å². The SMILES string of the molecule is O=C(O)Cc1sc(C2CCCCC2)nc1Cl. The molecule has 0 spiro atoms. The summed E-state index contributed by atoms with van der Waals surface area (Å²) in [5.74, 6) is -0.348. The Morgan fingerprint density at radius 1 is 1.44 bits per heavy atom. The van der Waals surface area contributed by atoms with Crippen LogP contribution in [-0.2, 0) is 11.2 Å². The molecule has 0 saturated heterocycles. The number of carboxylic acid groups (broad SMARTS) is 1. The summed E-state index contributed by atoms with van der Waals surface area (Å²) in [5, 5.41) is 10.1. The van der Waals surface area contributed by atoms with E-state index in [1.807, 2.05) is 0 Å². The van der Waals surface area contributed by atoms with E-state index in [4.69, 9.17) is 16.7 Å². The fourth-order valence-corrected chi connectivity index (χ4v) is 3.56. The second-order valence-corrected chi connectivity index (χ2v) is 5.64. The number of carboxylic acids is 1. The first kappa shape index (κ1) is 11.9. The van der Waals surface area contributed by atoms with Crippen molar-refractivity contribution in [2.45, 2.75) is 44.4 Å². The molecular weight excluding hydrogens is 246 g/mol. The molecule has 3 nitrogen and oxygen atoms in total. The fourth-order valence-electron chi connectivity index (χ4n) is 2.12. The smallest absolute Gasteiger partial charge is 0.308 e. The number of hydrogen-bond donors (Lipinski definition) is 1. The highest BCUT2D eigenvalue weighted by atomic mass is 35.5. The van der Waals surface area contributed by atoms with E-state index in [-0.39, 0.29) is 6.42 Å². The predicted octanol–water partition coefficient (Wildman–Crippen LogP) is 3.47. The van der Waals surface area contributed by atoms with E-state index in [9.17, 15) is 4.79 Å². The molecule has 1 fully saturated rings. The Bertz CT molecular complexity index is 385. The molecule has 0 amide bonds. The van der Waals surface area contributed by atoms with Crippen molar-refractivity contribution in [1.29, 1.82) is 0 Å². The Hall–Kier alpha value is -0.610. The fraction of sp³-hybridized carbons (Fsp3) is 0.636.